The number of rotatable bonds is 3. The van der Waals surface area contributed by atoms with Crippen molar-refractivity contribution in [1.82, 2.24) is 9.78 Å². The summed E-state index contributed by atoms with van der Waals surface area (Å²) in [5.74, 6) is 1.27. The molecule has 0 aliphatic heterocycles. The minimum absolute atomic E-state index is 0.300. The fourth-order valence-corrected chi connectivity index (χ4v) is 3.41. The topological polar surface area (TPSA) is 34.9 Å². The standard InChI is InChI=1S/C18H24N2O/c1-12(2)20-11-17-10-16(8-9-18(17)19-20)15-6-4-14(5-7-15)13(3)21/h8-12,14-15H,4-7H2,1-3H3. The lowest BCUT2D eigenvalue weighted by Crippen LogP contribution is -2.18. The Kier molecular flexibility index (Phi) is 3.83. The first-order valence-electron chi connectivity index (χ1n) is 8.04. The van der Waals surface area contributed by atoms with Crippen LogP contribution in [0.15, 0.2) is 24.4 Å². The third-order valence-electron chi connectivity index (χ3n) is 4.85. The maximum atomic E-state index is 11.5. The highest BCUT2D eigenvalue weighted by molar-refractivity contribution is 5.79. The smallest absolute Gasteiger partial charge is 0.132 e. The molecule has 0 amide bonds. The molecular formula is C18H24N2O. The van der Waals surface area contributed by atoms with E-state index in [1.54, 1.807) is 6.92 Å². The van der Waals surface area contributed by atoms with Crippen LogP contribution in [0.4, 0.5) is 0 Å². The van der Waals surface area contributed by atoms with Crippen LogP contribution < -0.4 is 0 Å². The molecule has 1 heterocycles. The maximum Gasteiger partial charge on any atom is 0.132 e. The van der Waals surface area contributed by atoms with Gasteiger partial charge in [-0.2, -0.15) is 5.10 Å². The molecular weight excluding hydrogens is 260 g/mol. The molecule has 0 atom stereocenters. The number of nitrogens with zero attached hydrogens (tertiary/aromatic N) is 2. The van der Waals surface area contributed by atoms with Gasteiger partial charge < -0.3 is 0 Å². The molecule has 0 saturated heterocycles. The Morgan fingerprint density at radius 1 is 1.24 bits per heavy atom. The zero-order valence-corrected chi connectivity index (χ0v) is 13.2. The highest BCUT2D eigenvalue weighted by Gasteiger charge is 2.25. The van der Waals surface area contributed by atoms with E-state index in [0.29, 0.717) is 23.7 Å². The third-order valence-corrected chi connectivity index (χ3v) is 4.85. The Bertz CT molecular complexity index is 648. The van der Waals surface area contributed by atoms with Crippen molar-refractivity contribution in [2.45, 2.75) is 58.4 Å². The normalized spacial score (nSPS) is 22.9. The minimum atomic E-state index is 0.300. The highest BCUT2D eigenvalue weighted by Crippen LogP contribution is 2.37. The summed E-state index contributed by atoms with van der Waals surface area (Å²) in [7, 11) is 0. The van der Waals surface area contributed by atoms with Gasteiger partial charge in [-0.1, -0.05) is 6.07 Å². The van der Waals surface area contributed by atoms with Crippen molar-refractivity contribution in [2.75, 3.05) is 0 Å². The van der Waals surface area contributed by atoms with E-state index in [9.17, 15) is 4.79 Å². The second-order valence-corrected chi connectivity index (χ2v) is 6.68. The molecule has 1 aromatic carbocycles. The first-order chi connectivity index (χ1) is 10.0. The fraction of sp³-hybridized carbons (Fsp3) is 0.556. The summed E-state index contributed by atoms with van der Waals surface area (Å²) in [6.07, 6.45) is 6.50. The Morgan fingerprint density at radius 3 is 2.57 bits per heavy atom. The number of carbonyl (C=O) groups is 1. The summed E-state index contributed by atoms with van der Waals surface area (Å²) >= 11 is 0. The molecule has 1 fully saturated rings. The highest BCUT2D eigenvalue weighted by atomic mass is 16.1. The van der Waals surface area contributed by atoms with E-state index in [0.717, 1.165) is 31.2 Å². The zero-order valence-electron chi connectivity index (χ0n) is 13.2. The van der Waals surface area contributed by atoms with Crippen molar-refractivity contribution in [3.63, 3.8) is 0 Å². The number of benzene rings is 1. The largest absolute Gasteiger partial charge is 0.300 e. The van der Waals surface area contributed by atoms with Gasteiger partial charge in [-0.05, 0) is 70.1 Å². The van der Waals surface area contributed by atoms with Crippen molar-refractivity contribution in [3.05, 3.63) is 30.0 Å². The molecule has 0 radical (unpaired) electrons. The lowest BCUT2D eigenvalue weighted by molar-refractivity contribution is -0.121. The first-order valence-corrected chi connectivity index (χ1v) is 8.04. The van der Waals surface area contributed by atoms with Gasteiger partial charge in [-0.25, -0.2) is 0 Å². The van der Waals surface area contributed by atoms with E-state index >= 15 is 0 Å². The third kappa shape index (κ3) is 2.87. The lowest BCUT2D eigenvalue weighted by Gasteiger charge is -2.27. The monoisotopic (exact) mass is 284 g/mol. The van der Waals surface area contributed by atoms with Crippen LogP contribution in [0, 0.1) is 5.92 Å². The second kappa shape index (κ2) is 5.63. The average molecular weight is 284 g/mol. The molecule has 112 valence electrons. The predicted octanol–water partition coefficient (Wildman–Crippen LogP) is 4.48. The van der Waals surface area contributed by atoms with Crippen molar-refractivity contribution in [3.8, 4) is 0 Å². The summed E-state index contributed by atoms with van der Waals surface area (Å²) in [5, 5.41) is 5.84. The number of aromatic nitrogens is 2. The molecule has 3 heteroatoms. The van der Waals surface area contributed by atoms with Gasteiger partial charge in [0.05, 0.1) is 5.52 Å². The van der Waals surface area contributed by atoms with E-state index in [1.165, 1.54) is 10.9 Å². The zero-order chi connectivity index (χ0) is 15.0. The van der Waals surface area contributed by atoms with Crippen molar-refractivity contribution in [2.24, 2.45) is 5.92 Å². The molecule has 3 rings (SSSR count). The number of Topliss-reactive ketones (excluding diaryl/α,β-unsaturated/α-hetero) is 1. The summed E-state index contributed by atoms with van der Waals surface area (Å²) in [6.45, 7) is 6.03. The molecule has 2 aromatic rings. The predicted molar refractivity (Wildman–Crippen MR) is 85.5 cm³/mol. The first kappa shape index (κ1) is 14.3. The number of fused-ring (bicyclic) bond motifs is 1. The summed E-state index contributed by atoms with van der Waals surface area (Å²) in [6, 6.07) is 7.05. The van der Waals surface area contributed by atoms with Crippen molar-refractivity contribution < 1.29 is 4.79 Å². The quantitative estimate of drug-likeness (QED) is 0.833. The molecule has 1 aromatic heterocycles. The number of carbonyl (C=O) groups excluding carboxylic acids is 1. The Labute approximate surface area is 126 Å². The van der Waals surface area contributed by atoms with E-state index < -0.39 is 0 Å². The SMILES string of the molecule is CC(=O)C1CCC(c2ccc3nn(C(C)C)cc3c2)CC1. The van der Waals surface area contributed by atoms with Crippen LogP contribution >= 0.6 is 0 Å². The Hall–Kier alpha value is -1.64. The fourth-order valence-electron chi connectivity index (χ4n) is 3.41. The van der Waals surface area contributed by atoms with Crippen LogP contribution in [0.25, 0.3) is 10.9 Å². The van der Waals surface area contributed by atoms with Crippen molar-refractivity contribution in [1.29, 1.82) is 0 Å². The van der Waals surface area contributed by atoms with Crippen molar-refractivity contribution >= 4 is 16.7 Å². The van der Waals surface area contributed by atoms with Crippen LogP contribution in [0.5, 0.6) is 0 Å². The van der Waals surface area contributed by atoms with Gasteiger partial charge in [0.25, 0.3) is 0 Å². The summed E-state index contributed by atoms with van der Waals surface area (Å²) in [4.78, 5) is 11.5. The van der Waals surface area contributed by atoms with Gasteiger partial charge in [-0.3, -0.25) is 9.48 Å². The van der Waals surface area contributed by atoms with Crippen LogP contribution in [0.1, 0.15) is 64.0 Å². The molecule has 1 aliphatic rings. The molecule has 0 spiro atoms. The van der Waals surface area contributed by atoms with Gasteiger partial charge in [0, 0.05) is 23.5 Å². The van der Waals surface area contributed by atoms with Gasteiger partial charge in [0.2, 0.25) is 0 Å². The Morgan fingerprint density at radius 2 is 1.95 bits per heavy atom. The molecule has 1 saturated carbocycles. The second-order valence-electron chi connectivity index (χ2n) is 6.68. The number of hydrogen-bond acceptors (Lipinski definition) is 2. The minimum Gasteiger partial charge on any atom is -0.300 e. The van der Waals surface area contributed by atoms with Gasteiger partial charge in [0.1, 0.15) is 5.78 Å². The molecule has 0 bridgehead atoms. The molecule has 0 N–H and O–H groups in total. The summed E-state index contributed by atoms with van der Waals surface area (Å²) < 4.78 is 2.03. The van der Waals surface area contributed by atoms with E-state index in [-0.39, 0.29) is 0 Å². The Balaban J connectivity index is 1.80. The lowest BCUT2D eigenvalue weighted by atomic mass is 9.77. The van der Waals surface area contributed by atoms with Crippen LogP contribution in [0.2, 0.25) is 0 Å². The molecule has 21 heavy (non-hydrogen) atoms. The van der Waals surface area contributed by atoms with E-state index in [4.69, 9.17) is 0 Å². The van der Waals surface area contributed by atoms with Gasteiger partial charge in [-0.15, -0.1) is 0 Å². The maximum absolute atomic E-state index is 11.5. The molecule has 0 unspecified atom stereocenters. The van der Waals surface area contributed by atoms with Crippen LogP contribution in [-0.4, -0.2) is 15.6 Å². The van der Waals surface area contributed by atoms with Gasteiger partial charge >= 0.3 is 0 Å². The van der Waals surface area contributed by atoms with Crippen LogP contribution in [-0.2, 0) is 4.79 Å². The van der Waals surface area contributed by atoms with E-state index in [2.05, 4.69) is 43.3 Å². The van der Waals surface area contributed by atoms with E-state index in [1.807, 2.05) is 4.68 Å². The average Bonchev–Trinajstić information content (AvgIpc) is 2.90. The number of hydrogen-bond donors (Lipinski definition) is 0. The number of ketones is 1. The summed E-state index contributed by atoms with van der Waals surface area (Å²) in [5.41, 5.74) is 2.48. The molecule has 1 aliphatic carbocycles. The van der Waals surface area contributed by atoms with Crippen LogP contribution in [0.3, 0.4) is 0 Å². The van der Waals surface area contributed by atoms with Gasteiger partial charge in [0.15, 0.2) is 0 Å². The molecule has 3 nitrogen and oxygen atoms in total.